The Morgan fingerprint density at radius 3 is 2.90 bits per heavy atom. The van der Waals surface area contributed by atoms with Gasteiger partial charge in [0.05, 0.1) is 6.10 Å². The molecule has 2 aliphatic rings. The summed E-state index contributed by atoms with van der Waals surface area (Å²) >= 11 is 0. The molecule has 1 N–H and O–H groups in total. The monoisotopic (exact) mass is 274 g/mol. The fourth-order valence-electron chi connectivity index (χ4n) is 4.15. The third-order valence-corrected chi connectivity index (χ3v) is 5.32. The van der Waals surface area contributed by atoms with E-state index >= 15 is 0 Å². The van der Waals surface area contributed by atoms with E-state index in [0.29, 0.717) is 23.6 Å². The highest BCUT2D eigenvalue weighted by Gasteiger charge is 2.56. The fraction of sp³-hybridized carbons (Fsp3) is 0.706. The van der Waals surface area contributed by atoms with E-state index in [1.165, 1.54) is 37.7 Å². The van der Waals surface area contributed by atoms with Crippen molar-refractivity contribution in [3.8, 4) is 0 Å². The Bertz CT molecular complexity index is 428. The van der Waals surface area contributed by atoms with E-state index in [2.05, 4.69) is 30.2 Å². The van der Waals surface area contributed by atoms with Gasteiger partial charge in [-0.1, -0.05) is 18.9 Å². The van der Waals surface area contributed by atoms with Crippen molar-refractivity contribution in [2.75, 3.05) is 6.61 Å². The van der Waals surface area contributed by atoms with Crippen LogP contribution in [0.1, 0.15) is 57.6 Å². The number of hydrogen-bond acceptors (Lipinski definition) is 3. The maximum Gasteiger partial charge on any atom is 0.0661 e. The minimum absolute atomic E-state index is 0.369. The lowest BCUT2D eigenvalue weighted by Gasteiger charge is -2.55. The Hall–Kier alpha value is -0.930. The van der Waals surface area contributed by atoms with Crippen molar-refractivity contribution < 1.29 is 4.74 Å². The lowest BCUT2D eigenvalue weighted by atomic mass is 9.60. The van der Waals surface area contributed by atoms with Crippen LogP contribution in [0, 0.1) is 5.41 Å². The lowest BCUT2D eigenvalue weighted by molar-refractivity contribution is -0.132. The first-order chi connectivity index (χ1) is 9.76. The van der Waals surface area contributed by atoms with E-state index in [4.69, 9.17) is 4.74 Å². The Kier molecular flexibility index (Phi) is 4.08. The molecule has 1 aromatic rings. The third-order valence-electron chi connectivity index (χ3n) is 5.32. The molecule has 0 aromatic carbocycles. The first kappa shape index (κ1) is 14.0. The minimum Gasteiger partial charge on any atom is -0.378 e. The zero-order chi connectivity index (χ0) is 14.0. The van der Waals surface area contributed by atoms with Gasteiger partial charge in [0.2, 0.25) is 0 Å². The molecule has 3 unspecified atom stereocenters. The van der Waals surface area contributed by atoms with Crippen LogP contribution in [0.3, 0.4) is 0 Å². The van der Waals surface area contributed by atoms with Crippen LogP contribution in [0.5, 0.6) is 0 Å². The summed E-state index contributed by atoms with van der Waals surface area (Å²) in [5.41, 5.74) is 1.69. The highest BCUT2D eigenvalue weighted by molar-refractivity contribution is 5.16. The second-order valence-electron chi connectivity index (χ2n) is 6.35. The predicted octanol–water partition coefficient (Wildman–Crippen LogP) is 3.47. The number of hydrogen-bond donors (Lipinski definition) is 1. The Morgan fingerprint density at radius 1 is 1.45 bits per heavy atom. The predicted molar refractivity (Wildman–Crippen MR) is 80.5 cm³/mol. The molecular formula is C17H26N2O. The molecule has 0 amide bonds. The molecule has 3 atom stereocenters. The molecule has 3 rings (SSSR count). The zero-order valence-electron chi connectivity index (χ0n) is 12.6. The SMILES string of the molecule is CCOC1CC(NC(C)c2cccnc2)C12CCCC2. The zero-order valence-corrected chi connectivity index (χ0v) is 12.6. The fourth-order valence-corrected chi connectivity index (χ4v) is 4.15. The van der Waals surface area contributed by atoms with Gasteiger partial charge in [0.15, 0.2) is 0 Å². The number of pyridine rings is 1. The summed E-state index contributed by atoms with van der Waals surface area (Å²) in [5.74, 6) is 0. The minimum atomic E-state index is 0.369. The van der Waals surface area contributed by atoms with Crippen LogP contribution < -0.4 is 5.32 Å². The van der Waals surface area contributed by atoms with Crippen molar-refractivity contribution in [3.05, 3.63) is 30.1 Å². The van der Waals surface area contributed by atoms with Crippen LogP contribution in [0.25, 0.3) is 0 Å². The van der Waals surface area contributed by atoms with Gasteiger partial charge in [0, 0.05) is 36.5 Å². The summed E-state index contributed by atoms with van der Waals surface area (Å²) in [7, 11) is 0. The molecule has 2 aliphatic carbocycles. The van der Waals surface area contributed by atoms with Crippen LogP contribution in [0.2, 0.25) is 0 Å². The molecule has 1 heterocycles. The first-order valence-electron chi connectivity index (χ1n) is 8.04. The van der Waals surface area contributed by atoms with Gasteiger partial charge in [-0.15, -0.1) is 0 Å². The average molecular weight is 274 g/mol. The van der Waals surface area contributed by atoms with Gasteiger partial charge < -0.3 is 10.1 Å². The molecule has 0 aliphatic heterocycles. The normalized spacial score (nSPS) is 29.3. The second kappa shape index (κ2) is 5.82. The number of rotatable bonds is 5. The Morgan fingerprint density at radius 2 is 2.25 bits per heavy atom. The molecule has 3 heteroatoms. The number of aromatic nitrogens is 1. The van der Waals surface area contributed by atoms with Crippen LogP contribution in [0.15, 0.2) is 24.5 Å². The maximum atomic E-state index is 5.98. The molecule has 0 saturated heterocycles. The molecule has 2 saturated carbocycles. The van der Waals surface area contributed by atoms with Crippen molar-refractivity contribution in [2.24, 2.45) is 5.41 Å². The average Bonchev–Trinajstić information content (AvgIpc) is 2.99. The second-order valence-corrected chi connectivity index (χ2v) is 6.35. The van der Waals surface area contributed by atoms with E-state index in [1.807, 2.05) is 18.5 Å². The summed E-state index contributed by atoms with van der Waals surface area (Å²) < 4.78 is 5.98. The van der Waals surface area contributed by atoms with Gasteiger partial charge in [-0.05, 0) is 44.7 Å². The largest absolute Gasteiger partial charge is 0.378 e. The first-order valence-corrected chi connectivity index (χ1v) is 8.04. The van der Waals surface area contributed by atoms with Crippen LogP contribution >= 0.6 is 0 Å². The topological polar surface area (TPSA) is 34.1 Å². The quantitative estimate of drug-likeness (QED) is 0.892. The van der Waals surface area contributed by atoms with Crippen LogP contribution in [-0.2, 0) is 4.74 Å². The molecule has 0 bridgehead atoms. The smallest absolute Gasteiger partial charge is 0.0661 e. The van der Waals surface area contributed by atoms with E-state index in [-0.39, 0.29) is 0 Å². The summed E-state index contributed by atoms with van der Waals surface area (Å²) in [6.45, 7) is 5.20. The standard InChI is InChI=1S/C17H26N2O/c1-3-20-16-11-15(17(16)8-4-5-9-17)19-13(2)14-7-6-10-18-12-14/h6-7,10,12-13,15-16,19H,3-5,8-9,11H2,1-2H3. The highest BCUT2D eigenvalue weighted by atomic mass is 16.5. The van der Waals surface area contributed by atoms with Gasteiger partial charge in [0.25, 0.3) is 0 Å². The molecule has 1 aromatic heterocycles. The van der Waals surface area contributed by atoms with Gasteiger partial charge in [0.1, 0.15) is 0 Å². The van der Waals surface area contributed by atoms with Crippen molar-refractivity contribution in [1.29, 1.82) is 0 Å². The van der Waals surface area contributed by atoms with Gasteiger partial charge >= 0.3 is 0 Å². The maximum absolute atomic E-state index is 5.98. The summed E-state index contributed by atoms with van der Waals surface area (Å²) in [4.78, 5) is 4.23. The van der Waals surface area contributed by atoms with E-state index in [0.717, 1.165) is 6.61 Å². The molecule has 110 valence electrons. The van der Waals surface area contributed by atoms with Crippen molar-refractivity contribution >= 4 is 0 Å². The van der Waals surface area contributed by atoms with E-state index in [1.54, 1.807) is 0 Å². The van der Waals surface area contributed by atoms with Crippen molar-refractivity contribution in [1.82, 2.24) is 10.3 Å². The molecule has 1 spiro atoms. The van der Waals surface area contributed by atoms with E-state index in [9.17, 15) is 0 Å². The van der Waals surface area contributed by atoms with Crippen molar-refractivity contribution in [3.63, 3.8) is 0 Å². The Labute approximate surface area is 122 Å². The van der Waals surface area contributed by atoms with Crippen LogP contribution in [0.4, 0.5) is 0 Å². The molecule has 0 radical (unpaired) electrons. The highest BCUT2D eigenvalue weighted by Crippen LogP contribution is 2.55. The molecule has 3 nitrogen and oxygen atoms in total. The van der Waals surface area contributed by atoms with Gasteiger partial charge in [-0.25, -0.2) is 0 Å². The molecule has 2 fully saturated rings. The Balaban J connectivity index is 1.66. The summed E-state index contributed by atoms with van der Waals surface area (Å²) in [5, 5.41) is 3.83. The van der Waals surface area contributed by atoms with Gasteiger partial charge in [-0.3, -0.25) is 4.98 Å². The summed E-state index contributed by atoms with van der Waals surface area (Å²) in [6.07, 6.45) is 10.8. The molecular weight excluding hydrogens is 248 g/mol. The molecule has 20 heavy (non-hydrogen) atoms. The van der Waals surface area contributed by atoms with E-state index < -0.39 is 0 Å². The lowest BCUT2D eigenvalue weighted by Crippen LogP contribution is -2.63. The van der Waals surface area contributed by atoms with Gasteiger partial charge in [-0.2, -0.15) is 0 Å². The summed E-state index contributed by atoms with van der Waals surface area (Å²) in [6, 6.07) is 5.15. The van der Waals surface area contributed by atoms with Crippen molar-refractivity contribution in [2.45, 2.75) is 64.1 Å². The van der Waals surface area contributed by atoms with Crippen LogP contribution in [-0.4, -0.2) is 23.7 Å². The number of ether oxygens (including phenoxy) is 1. The third kappa shape index (κ3) is 2.38. The number of nitrogens with one attached hydrogen (secondary N) is 1. The number of nitrogens with zero attached hydrogens (tertiary/aromatic N) is 1.